The van der Waals surface area contributed by atoms with Gasteiger partial charge in [0.25, 0.3) is 5.91 Å². The Morgan fingerprint density at radius 1 is 1.73 bits per heavy atom. The molecule has 0 aromatic carbocycles. The van der Waals surface area contributed by atoms with E-state index in [4.69, 9.17) is 0 Å². The number of thiazole rings is 1. The van der Waals surface area contributed by atoms with Gasteiger partial charge in [0, 0.05) is 16.9 Å². The molecule has 0 bridgehead atoms. The average molecular weight is 301 g/mol. The number of hydrogen-bond donors (Lipinski definition) is 2. The summed E-state index contributed by atoms with van der Waals surface area (Å²) in [6.07, 6.45) is 1.25. The SMILES string of the molecule is NC(=O)C(F)(F)C(O)(CBr)c1nccs1. The maximum atomic E-state index is 13.4. The van der Waals surface area contributed by atoms with E-state index in [1.54, 1.807) is 0 Å². The minimum atomic E-state index is -4.08. The summed E-state index contributed by atoms with van der Waals surface area (Å²) in [4.78, 5) is 14.1. The molecular weight excluding hydrogens is 294 g/mol. The highest BCUT2D eigenvalue weighted by molar-refractivity contribution is 9.09. The quantitative estimate of drug-likeness (QED) is 0.809. The van der Waals surface area contributed by atoms with E-state index >= 15 is 0 Å². The fourth-order valence-corrected chi connectivity index (χ4v) is 2.48. The number of primary amides is 1. The first-order chi connectivity index (χ1) is 6.86. The molecule has 1 amide bonds. The number of halogens is 3. The summed E-state index contributed by atoms with van der Waals surface area (Å²) in [5.74, 6) is -5.96. The summed E-state index contributed by atoms with van der Waals surface area (Å²) in [5.41, 5.74) is 1.84. The van der Waals surface area contributed by atoms with Crippen LogP contribution in [0.25, 0.3) is 0 Å². The van der Waals surface area contributed by atoms with Crippen molar-refractivity contribution in [1.29, 1.82) is 0 Å². The number of aliphatic hydroxyl groups is 1. The van der Waals surface area contributed by atoms with Crippen molar-refractivity contribution in [2.75, 3.05) is 5.33 Å². The number of nitrogens with zero attached hydrogens (tertiary/aromatic N) is 1. The van der Waals surface area contributed by atoms with Gasteiger partial charge in [0.2, 0.25) is 0 Å². The molecule has 3 N–H and O–H groups in total. The molecule has 0 saturated heterocycles. The lowest BCUT2D eigenvalue weighted by Gasteiger charge is -2.29. The standard InChI is InChI=1S/C7H7BrF2N2O2S/c8-3-6(14,5-12-1-2-15-5)7(9,10)4(11)13/h1-2,14H,3H2,(H2,11,13). The smallest absolute Gasteiger partial charge is 0.359 e. The Hall–Kier alpha value is -0.600. The summed E-state index contributed by atoms with van der Waals surface area (Å²) in [7, 11) is 0. The van der Waals surface area contributed by atoms with Crippen LogP contribution >= 0.6 is 27.3 Å². The third-order valence-electron chi connectivity index (χ3n) is 1.81. The normalized spacial score (nSPS) is 16.0. The van der Waals surface area contributed by atoms with Gasteiger partial charge >= 0.3 is 5.92 Å². The van der Waals surface area contributed by atoms with Crippen molar-refractivity contribution in [3.8, 4) is 0 Å². The highest BCUT2D eigenvalue weighted by Crippen LogP contribution is 2.39. The number of alkyl halides is 3. The Kier molecular flexibility index (Phi) is 3.41. The van der Waals surface area contributed by atoms with Gasteiger partial charge in [-0.25, -0.2) is 4.98 Å². The van der Waals surface area contributed by atoms with E-state index in [1.165, 1.54) is 11.6 Å². The number of carbonyl (C=O) groups is 1. The molecule has 15 heavy (non-hydrogen) atoms. The molecule has 1 rings (SSSR count). The molecule has 0 radical (unpaired) electrons. The van der Waals surface area contributed by atoms with Crippen molar-refractivity contribution in [1.82, 2.24) is 4.98 Å². The van der Waals surface area contributed by atoms with E-state index in [9.17, 15) is 18.7 Å². The average Bonchev–Trinajstić information content (AvgIpc) is 2.69. The Morgan fingerprint density at radius 2 is 2.33 bits per heavy atom. The monoisotopic (exact) mass is 300 g/mol. The van der Waals surface area contributed by atoms with E-state index < -0.39 is 22.8 Å². The molecule has 0 saturated carbocycles. The van der Waals surface area contributed by atoms with Crippen LogP contribution in [0.15, 0.2) is 11.6 Å². The van der Waals surface area contributed by atoms with Gasteiger partial charge in [0.15, 0.2) is 5.60 Å². The molecule has 84 valence electrons. The third kappa shape index (κ3) is 1.88. The topological polar surface area (TPSA) is 76.2 Å². The second kappa shape index (κ2) is 4.11. The van der Waals surface area contributed by atoms with Gasteiger partial charge in [-0.3, -0.25) is 4.79 Å². The van der Waals surface area contributed by atoms with Crippen LogP contribution in [0.3, 0.4) is 0 Å². The first kappa shape index (κ1) is 12.5. The number of nitrogens with two attached hydrogens (primary N) is 1. The molecule has 0 aliphatic carbocycles. The van der Waals surface area contributed by atoms with Crippen LogP contribution in [-0.4, -0.2) is 27.3 Å². The van der Waals surface area contributed by atoms with Gasteiger partial charge in [0.1, 0.15) is 5.01 Å². The second-order valence-corrected chi connectivity index (χ2v) is 4.23. The van der Waals surface area contributed by atoms with Gasteiger partial charge in [0.05, 0.1) is 0 Å². The molecule has 1 aromatic rings. The third-order valence-corrected chi connectivity index (χ3v) is 3.54. The molecule has 1 unspecified atom stereocenters. The van der Waals surface area contributed by atoms with Crippen molar-refractivity contribution in [2.24, 2.45) is 5.73 Å². The zero-order valence-electron chi connectivity index (χ0n) is 7.28. The zero-order valence-corrected chi connectivity index (χ0v) is 9.69. The molecule has 0 aliphatic heterocycles. The van der Waals surface area contributed by atoms with Gasteiger partial charge < -0.3 is 10.8 Å². The number of hydrogen-bond acceptors (Lipinski definition) is 4. The van der Waals surface area contributed by atoms with E-state index in [0.717, 1.165) is 11.3 Å². The lowest BCUT2D eigenvalue weighted by molar-refractivity contribution is -0.186. The Labute approximate surface area is 96.2 Å². The maximum absolute atomic E-state index is 13.4. The summed E-state index contributed by atoms with van der Waals surface area (Å²) in [6.45, 7) is 0. The van der Waals surface area contributed by atoms with Crippen LogP contribution in [-0.2, 0) is 10.4 Å². The molecule has 0 aliphatic rings. The number of carbonyl (C=O) groups excluding carboxylic acids is 1. The van der Waals surface area contributed by atoms with Crippen LogP contribution in [0, 0.1) is 0 Å². The lowest BCUT2D eigenvalue weighted by Crippen LogP contribution is -2.54. The first-order valence-corrected chi connectivity index (χ1v) is 5.72. The van der Waals surface area contributed by atoms with Crippen LogP contribution in [0.1, 0.15) is 5.01 Å². The maximum Gasteiger partial charge on any atom is 0.359 e. The van der Waals surface area contributed by atoms with Gasteiger partial charge in [-0.1, -0.05) is 15.9 Å². The Balaban J connectivity index is 3.22. The van der Waals surface area contributed by atoms with E-state index in [0.29, 0.717) is 0 Å². The van der Waals surface area contributed by atoms with Crippen molar-refractivity contribution >= 4 is 33.2 Å². The van der Waals surface area contributed by atoms with Crippen LogP contribution < -0.4 is 5.73 Å². The molecule has 4 nitrogen and oxygen atoms in total. The summed E-state index contributed by atoms with van der Waals surface area (Å²) in [5, 5.41) is 10.3. The zero-order chi connectivity index (χ0) is 11.7. The highest BCUT2D eigenvalue weighted by atomic mass is 79.9. The number of aromatic nitrogens is 1. The molecule has 1 aromatic heterocycles. The molecule has 0 fully saturated rings. The van der Waals surface area contributed by atoms with E-state index in [2.05, 4.69) is 26.6 Å². The molecule has 1 heterocycles. The van der Waals surface area contributed by atoms with Crippen LogP contribution in [0.2, 0.25) is 0 Å². The number of amides is 1. The van der Waals surface area contributed by atoms with E-state index in [1.807, 2.05) is 0 Å². The van der Waals surface area contributed by atoms with Crippen molar-refractivity contribution in [2.45, 2.75) is 11.5 Å². The largest absolute Gasteiger partial charge is 0.376 e. The van der Waals surface area contributed by atoms with Crippen molar-refractivity contribution in [3.63, 3.8) is 0 Å². The van der Waals surface area contributed by atoms with Crippen LogP contribution in [0.5, 0.6) is 0 Å². The Morgan fingerprint density at radius 3 is 2.67 bits per heavy atom. The molecule has 1 atom stereocenters. The van der Waals surface area contributed by atoms with Crippen molar-refractivity contribution < 1.29 is 18.7 Å². The Bertz CT molecular complexity index is 360. The minimum Gasteiger partial charge on any atom is -0.376 e. The predicted octanol–water partition coefficient (Wildman–Crippen LogP) is 0.846. The van der Waals surface area contributed by atoms with Crippen molar-refractivity contribution in [3.05, 3.63) is 16.6 Å². The summed E-state index contributed by atoms with van der Waals surface area (Å²) in [6, 6.07) is 0. The molecule has 8 heteroatoms. The van der Waals surface area contributed by atoms with Crippen LogP contribution in [0.4, 0.5) is 8.78 Å². The highest BCUT2D eigenvalue weighted by Gasteiger charge is 2.59. The van der Waals surface area contributed by atoms with Gasteiger partial charge in [-0.2, -0.15) is 8.78 Å². The fraction of sp³-hybridized carbons (Fsp3) is 0.429. The van der Waals surface area contributed by atoms with Gasteiger partial charge in [-0.15, -0.1) is 11.3 Å². The molecular formula is C7H7BrF2N2O2S. The summed E-state index contributed by atoms with van der Waals surface area (Å²) < 4.78 is 26.7. The van der Waals surface area contributed by atoms with Gasteiger partial charge in [-0.05, 0) is 0 Å². The molecule has 0 spiro atoms. The number of rotatable bonds is 4. The van der Waals surface area contributed by atoms with E-state index in [-0.39, 0.29) is 5.01 Å². The minimum absolute atomic E-state index is 0.261. The fourth-order valence-electron chi connectivity index (χ4n) is 0.907. The lowest BCUT2D eigenvalue weighted by atomic mass is 9.98. The first-order valence-electron chi connectivity index (χ1n) is 3.72. The second-order valence-electron chi connectivity index (χ2n) is 2.77. The summed E-state index contributed by atoms with van der Waals surface area (Å²) >= 11 is 3.55. The predicted molar refractivity (Wildman–Crippen MR) is 53.9 cm³/mol.